The molecular formula is C13H25NO3S. The minimum absolute atomic E-state index is 0.634. The van der Waals surface area contributed by atoms with Gasteiger partial charge in [0.1, 0.15) is 5.54 Å². The summed E-state index contributed by atoms with van der Waals surface area (Å²) in [5, 5.41) is 13.3. The van der Waals surface area contributed by atoms with E-state index in [9.17, 15) is 9.90 Å². The summed E-state index contributed by atoms with van der Waals surface area (Å²) >= 11 is 1.90. The Balaban J connectivity index is 2.31. The van der Waals surface area contributed by atoms with Crippen molar-refractivity contribution in [1.82, 2.24) is 5.32 Å². The average molecular weight is 275 g/mol. The van der Waals surface area contributed by atoms with Gasteiger partial charge in [0.05, 0.1) is 18.5 Å². The topological polar surface area (TPSA) is 58.6 Å². The third kappa shape index (κ3) is 4.44. The van der Waals surface area contributed by atoms with Crippen LogP contribution in [0.4, 0.5) is 0 Å². The van der Waals surface area contributed by atoms with Crippen LogP contribution in [-0.4, -0.2) is 47.4 Å². The van der Waals surface area contributed by atoms with Crippen molar-refractivity contribution < 1.29 is 14.6 Å². The predicted octanol–water partition coefficient (Wildman–Crippen LogP) is 2.13. The van der Waals surface area contributed by atoms with Gasteiger partial charge in [-0.05, 0) is 38.0 Å². The molecule has 4 nitrogen and oxygen atoms in total. The van der Waals surface area contributed by atoms with Gasteiger partial charge in [-0.1, -0.05) is 13.8 Å². The van der Waals surface area contributed by atoms with E-state index in [2.05, 4.69) is 12.2 Å². The molecule has 0 radical (unpaired) electrons. The van der Waals surface area contributed by atoms with Crippen LogP contribution in [0.5, 0.6) is 0 Å². The molecule has 18 heavy (non-hydrogen) atoms. The molecule has 106 valence electrons. The van der Waals surface area contributed by atoms with Crippen LogP contribution in [0, 0.1) is 0 Å². The molecule has 1 rings (SSSR count). The fraction of sp³-hybridized carbons (Fsp3) is 0.923. The maximum absolute atomic E-state index is 11.5. The lowest BCUT2D eigenvalue weighted by atomic mass is 9.90. The first kappa shape index (κ1) is 15.8. The van der Waals surface area contributed by atoms with Crippen molar-refractivity contribution in [1.29, 1.82) is 0 Å². The SMILES string of the molecule is CCCNC(CC)(CCCSC1COC1)C(=O)O. The lowest BCUT2D eigenvalue weighted by Gasteiger charge is -2.30. The minimum atomic E-state index is -0.729. The molecule has 1 aliphatic heterocycles. The second-order valence-corrected chi connectivity index (χ2v) is 6.21. The number of ether oxygens (including phenoxy) is 1. The van der Waals surface area contributed by atoms with Gasteiger partial charge in [-0.15, -0.1) is 0 Å². The number of rotatable bonds is 10. The Morgan fingerprint density at radius 1 is 1.50 bits per heavy atom. The molecule has 0 spiro atoms. The van der Waals surface area contributed by atoms with Gasteiger partial charge in [-0.3, -0.25) is 4.79 Å². The highest BCUT2D eigenvalue weighted by Gasteiger charge is 2.35. The molecule has 0 amide bonds. The lowest BCUT2D eigenvalue weighted by Crippen LogP contribution is -2.52. The summed E-state index contributed by atoms with van der Waals surface area (Å²) < 4.78 is 5.12. The lowest BCUT2D eigenvalue weighted by molar-refractivity contribution is -0.145. The molecule has 0 aliphatic carbocycles. The number of thioether (sulfide) groups is 1. The van der Waals surface area contributed by atoms with Crippen LogP contribution in [0.1, 0.15) is 39.5 Å². The number of hydrogen-bond donors (Lipinski definition) is 2. The Morgan fingerprint density at radius 3 is 2.67 bits per heavy atom. The van der Waals surface area contributed by atoms with Gasteiger partial charge >= 0.3 is 5.97 Å². The average Bonchev–Trinajstić information content (AvgIpc) is 2.30. The zero-order chi connectivity index (χ0) is 13.4. The summed E-state index contributed by atoms with van der Waals surface area (Å²) in [4.78, 5) is 11.5. The van der Waals surface area contributed by atoms with Gasteiger partial charge < -0.3 is 15.2 Å². The molecule has 0 saturated carbocycles. The summed E-state index contributed by atoms with van der Waals surface area (Å²) in [6.45, 7) is 6.49. The smallest absolute Gasteiger partial charge is 0.323 e. The van der Waals surface area contributed by atoms with Crippen LogP contribution in [0.3, 0.4) is 0 Å². The van der Waals surface area contributed by atoms with E-state index < -0.39 is 11.5 Å². The van der Waals surface area contributed by atoms with Crippen LogP contribution in [0.15, 0.2) is 0 Å². The first-order valence-electron chi connectivity index (χ1n) is 6.82. The summed E-state index contributed by atoms with van der Waals surface area (Å²) in [5.41, 5.74) is -0.729. The third-order valence-corrected chi connectivity index (χ3v) is 4.70. The Morgan fingerprint density at radius 2 is 2.22 bits per heavy atom. The molecule has 2 N–H and O–H groups in total. The van der Waals surface area contributed by atoms with Crippen molar-refractivity contribution >= 4 is 17.7 Å². The molecule has 0 aromatic rings. The van der Waals surface area contributed by atoms with E-state index in [4.69, 9.17) is 4.74 Å². The highest BCUT2D eigenvalue weighted by molar-refractivity contribution is 8.00. The van der Waals surface area contributed by atoms with Crippen molar-refractivity contribution in [3.63, 3.8) is 0 Å². The van der Waals surface area contributed by atoms with Gasteiger partial charge in [0.15, 0.2) is 0 Å². The zero-order valence-corrected chi connectivity index (χ0v) is 12.2. The number of carboxylic acids is 1. The number of carboxylic acid groups (broad SMARTS) is 1. The van der Waals surface area contributed by atoms with E-state index in [-0.39, 0.29) is 0 Å². The largest absolute Gasteiger partial charge is 0.480 e. The minimum Gasteiger partial charge on any atom is -0.480 e. The van der Waals surface area contributed by atoms with E-state index in [1.54, 1.807) is 0 Å². The normalized spacial score (nSPS) is 19.2. The molecule has 1 fully saturated rings. The standard InChI is InChI=1S/C13H25NO3S/c1-3-7-14-13(4-2,12(15)16)6-5-8-18-11-9-17-10-11/h11,14H,3-10H2,1-2H3,(H,15,16). The molecule has 1 unspecified atom stereocenters. The van der Waals surface area contributed by atoms with Gasteiger partial charge in [0.25, 0.3) is 0 Å². The van der Waals surface area contributed by atoms with E-state index in [1.807, 2.05) is 18.7 Å². The molecule has 1 heterocycles. The summed E-state index contributed by atoms with van der Waals surface area (Å²) in [5.74, 6) is 0.312. The van der Waals surface area contributed by atoms with Crippen LogP contribution in [0.2, 0.25) is 0 Å². The predicted molar refractivity (Wildman–Crippen MR) is 75.3 cm³/mol. The van der Waals surface area contributed by atoms with Crippen molar-refractivity contribution in [3.05, 3.63) is 0 Å². The Hall–Kier alpha value is -0.260. The second kappa shape index (κ2) is 8.02. The molecule has 1 atom stereocenters. The highest BCUT2D eigenvalue weighted by atomic mass is 32.2. The Kier molecular flexibility index (Phi) is 7.04. The maximum atomic E-state index is 11.5. The van der Waals surface area contributed by atoms with Crippen molar-refractivity contribution in [3.8, 4) is 0 Å². The van der Waals surface area contributed by atoms with E-state index in [0.29, 0.717) is 18.1 Å². The number of aliphatic carboxylic acids is 1. The summed E-state index contributed by atoms with van der Waals surface area (Å²) in [6, 6.07) is 0. The van der Waals surface area contributed by atoms with Gasteiger partial charge in [-0.2, -0.15) is 11.8 Å². The highest BCUT2D eigenvalue weighted by Crippen LogP contribution is 2.24. The first-order chi connectivity index (χ1) is 8.64. The Bertz CT molecular complexity index is 259. The molecular weight excluding hydrogens is 250 g/mol. The molecule has 0 bridgehead atoms. The Labute approximate surface area is 114 Å². The van der Waals surface area contributed by atoms with Crippen LogP contribution in [-0.2, 0) is 9.53 Å². The van der Waals surface area contributed by atoms with Crippen LogP contribution < -0.4 is 5.32 Å². The molecule has 5 heteroatoms. The zero-order valence-electron chi connectivity index (χ0n) is 11.4. The van der Waals surface area contributed by atoms with Gasteiger partial charge in [0, 0.05) is 0 Å². The second-order valence-electron chi connectivity index (χ2n) is 4.80. The fourth-order valence-corrected chi connectivity index (χ4v) is 3.05. The number of nitrogens with one attached hydrogen (secondary N) is 1. The van der Waals surface area contributed by atoms with E-state index in [1.165, 1.54) is 0 Å². The monoisotopic (exact) mass is 275 g/mol. The quantitative estimate of drug-likeness (QED) is 0.598. The molecule has 0 aromatic heterocycles. The number of hydrogen-bond acceptors (Lipinski definition) is 4. The fourth-order valence-electron chi connectivity index (χ4n) is 2.02. The summed E-state index contributed by atoms with van der Waals surface area (Å²) in [6.07, 6.45) is 3.25. The van der Waals surface area contributed by atoms with Crippen molar-refractivity contribution in [2.24, 2.45) is 0 Å². The third-order valence-electron chi connectivity index (χ3n) is 3.44. The molecule has 1 saturated heterocycles. The van der Waals surface area contributed by atoms with Gasteiger partial charge in [0.2, 0.25) is 0 Å². The van der Waals surface area contributed by atoms with Crippen LogP contribution in [0.25, 0.3) is 0 Å². The number of carbonyl (C=O) groups is 1. The van der Waals surface area contributed by atoms with Gasteiger partial charge in [-0.25, -0.2) is 0 Å². The first-order valence-corrected chi connectivity index (χ1v) is 7.87. The van der Waals surface area contributed by atoms with Crippen molar-refractivity contribution in [2.45, 2.75) is 50.3 Å². The van der Waals surface area contributed by atoms with Crippen LogP contribution >= 0.6 is 11.8 Å². The van der Waals surface area contributed by atoms with Crippen molar-refractivity contribution in [2.75, 3.05) is 25.5 Å². The maximum Gasteiger partial charge on any atom is 0.323 e. The summed E-state index contributed by atoms with van der Waals surface area (Å²) in [7, 11) is 0. The van der Waals surface area contributed by atoms with E-state index >= 15 is 0 Å². The molecule has 0 aromatic carbocycles. The molecule has 1 aliphatic rings. The van der Waals surface area contributed by atoms with E-state index in [0.717, 1.165) is 38.4 Å².